The van der Waals surface area contributed by atoms with Gasteiger partial charge in [-0.2, -0.15) is 0 Å². The molecule has 0 radical (unpaired) electrons. The number of hydrogen-bond acceptors (Lipinski definition) is 4. The van der Waals surface area contributed by atoms with Crippen molar-refractivity contribution < 1.29 is 9.15 Å². The highest BCUT2D eigenvalue weighted by molar-refractivity contribution is 5.79. The third kappa shape index (κ3) is 7.02. The maximum absolute atomic E-state index is 5.58. The molecule has 1 aromatic carbocycles. The average molecular weight is 385 g/mol. The van der Waals surface area contributed by atoms with Gasteiger partial charge in [-0.1, -0.05) is 24.3 Å². The first-order valence-corrected chi connectivity index (χ1v) is 10.2. The third-order valence-electron chi connectivity index (χ3n) is 4.89. The van der Waals surface area contributed by atoms with Gasteiger partial charge in [0.05, 0.1) is 6.26 Å². The Balaban J connectivity index is 1.29. The number of nitrogens with zero attached hydrogens (tertiary/aromatic N) is 2. The van der Waals surface area contributed by atoms with E-state index in [1.54, 1.807) is 13.3 Å². The second kappa shape index (κ2) is 11.5. The quantitative estimate of drug-likeness (QED) is 0.374. The molecule has 1 fully saturated rings. The summed E-state index contributed by atoms with van der Waals surface area (Å²) < 4.78 is 10.8. The van der Waals surface area contributed by atoms with Gasteiger partial charge in [-0.05, 0) is 55.6 Å². The van der Waals surface area contributed by atoms with Gasteiger partial charge in [-0.15, -0.1) is 0 Å². The monoisotopic (exact) mass is 384 g/mol. The van der Waals surface area contributed by atoms with E-state index in [0.29, 0.717) is 13.2 Å². The first-order chi connectivity index (χ1) is 13.8. The lowest BCUT2D eigenvalue weighted by Crippen LogP contribution is -2.37. The first-order valence-electron chi connectivity index (χ1n) is 10.2. The van der Waals surface area contributed by atoms with Gasteiger partial charge < -0.3 is 19.8 Å². The van der Waals surface area contributed by atoms with E-state index in [1.165, 1.54) is 37.1 Å². The normalized spacial score (nSPS) is 15.1. The first kappa shape index (κ1) is 20.4. The van der Waals surface area contributed by atoms with Crippen molar-refractivity contribution in [2.24, 2.45) is 4.99 Å². The fraction of sp³-hybridized carbons (Fsp3) is 0.500. The van der Waals surface area contributed by atoms with E-state index in [0.717, 1.165) is 37.8 Å². The highest BCUT2D eigenvalue weighted by Crippen LogP contribution is 2.13. The lowest BCUT2D eigenvalue weighted by Gasteiger charge is -2.15. The Morgan fingerprint density at radius 3 is 2.61 bits per heavy atom. The van der Waals surface area contributed by atoms with Crippen LogP contribution in [0.5, 0.6) is 0 Å². The highest BCUT2D eigenvalue weighted by atomic mass is 16.5. The molecule has 0 aliphatic carbocycles. The zero-order chi connectivity index (χ0) is 19.4. The van der Waals surface area contributed by atoms with Gasteiger partial charge in [0.25, 0.3) is 0 Å². The van der Waals surface area contributed by atoms with Crippen LogP contribution < -0.4 is 10.6 Å². The Hall–Kier alpha value is -2.31. The Morgan fingerprint density at radius 2 is 1.89 bits per heavy atom. The Morgan fingerprint density at radius 1 is 1.11 bits per heavy atom. The lowest BCUT2D eigenvalue weighted by atomic mass is 10.1. The van der Waals surface area contributed by atoms with Gasteiger partial charge in [0, 0.05) is 33.3 Å². The zero-order valence-electron chi connectivity index (χ0n) is 16.8. The largest absolute Gasteiger partial charge is 0.467 e. The molecule has 0 unspecified atom stereocenters. The Kier molecular flexibility index (Phi) is 8.40. The molecule has 0 atom stereocenters. The van der Waals surface area contributed by atoms with Crippen LogP contribution in [0, 0.1) is 0 Å². The maximum Gasteiger partial charge on any atom is 0.191 e. The summed E-state index contributed by atoms with van der Waals surface area (Å²) >= 11 is 0. The summed E-state index contributed by atoms with van der Waals surface area (Å²) in [5.74, 6) is 1.67. The predicted octanol–water partition coefficient (Wildman–Crippen LogP) is 3.15. The summed E-state index contributed by atoms with van der Waals surface area (Å²) in [4.78, 5) is 6.80. The SMILES string of the molecule is CN=C(NCCCOCc1ccco1)NCc1ccc(CN2CCCC2)cc1. The van der Waals surface area contributed by atoms with Gasteiger partial charge in [0.2, 0.25) is 0 Å². The highest BCUT2D eigenvalue weighted by Gasteiger charge is 2.11. The smallest absolute Gasteiger partial charge is 0.191 e. The van der Waals surface area contributed by atoms with Crippen molar-refractivity contribution in [2.75, 3.05) is 33.3 Å². The van der Waals surface area contributed by atoms with Crippen molar-refractivity contribution >= 4 is 5.96 Å². The summed E-state index contributed by atoms with van der Waals surface area (Å²) in [6.07, 6.45) is 5.25. The molecule has 1 aromatic heterocycles. The minimum Gasteiger partial charge on any atom is -0.467 e. The van der Waals surface area contributed by atoms with Crippen molar-refractivity contribution in [3.8, 4) is 0 Å². The summed E-state index contributed by atoms with van der Waals surface area (Å²) in [5.41, 5.74) is 2.65. The van der Waals surface area contributed by atoms with E-state index in [4.69, 9.17) is 9.15 Å². The molecular formula is C22H32N4O2. The van der Waals surface area contributed by atoms with Gasteiger partial charge in [-0.25, -0.2) is 0 Å². The molecule has 152 valence electrons. The van der Waals surface area contributed by atoms with Crippen molar-refractivity contribution in [3.63, 3.8) is 0 Å². The van der Waals surface area contributed by atoms with E-state index in [1.807, 2.05) is 12.1 Å². The van der Waals surface area contributed by atoms with E-state index in [9.17, 15) is 0 Å². The Labute approximate surface area is 168 Å². The Bertz CT molecular complexity index is 692. The molecule has 0 spiro atoms. The van der Waals surface area contributed by atoms with Crippen molar-refractivity contribution in [3.05, 3.63) is 59.5 Å². The molecule has 0 bridgehead atoms. The molecule has 0 amide bonds. The van der Waals surface area contributed by atoms with E-state index < -0.39 is 0 Å². The molecule has 2 N–H and O–H groups in total. The summed E-state index contributed by atoms with van der Waals surface area (Å²) in [5, 5.41) is 6.69. The lowest BCUT2D eigenvalue weighted by molar-refractivity contribution is 0.105. The molecule has 3 rings (SSSR count). The number of likely N-dealkylation sites (tertiary alicyclic amines) is 1. The van der Waals surface area contributed by atoms with E-state index in [-0.39, 0.29) is 0 Å². The van der Waals surface area contributed by atoms with Crippen LogP contribution in [0.25, 0.3) is 0 Å². The standard InChI is InChI=1S/C22H32N4O2/c1-23-22(24-11-5-14-27-18-21-6-4-15-28-21)25-16-19-7-9-20(10-8-19)17-26-12-2-3-13-26/h4,6-10,15H,2-3,5,11-14,16-18H2,1H3,(H2,23,24,25). The summed E-state index contributed by atoms with van der Waals surface area (Å²) in [7, 11) is 1.79. The van der Waals surface area contributed by atoms with Crippen LogP contribution in [0.4, 0.5) is 0 Å². The molecule has 28 heavy (non-hydrogen) atoms. The molecule has 6 nitrogen and oxygen atoms in total. The number of aliphatic imine (C=N–C) groups is 1. The summed E-state index contributed by atoms with van der Waals surface area (Å²) in [6.45, 7) is 6.32. The van der Waals surface area contributed by atoms with Crippen LogP contribution in [-0.4, -0.2) is 44.1 Å². The van der Waals surface area contributed by atoms with Gasteiger partial charge >= 0.3 is 0 Å². The molecule has 6 heteroatoms. The predicted molar refractivity (Wildman–Crippen MR) is 112 cm³/mol. The molecule has 0 saturated carbocycles. The molecule has 1 aliphatic heterocycles. The van der Waals surface area contributed by atoms with Crippen LogP contribution in [0.15, 0.2) is 52.1 Å². The molecular weight excluding hydrogens is 352 g/mol. The molecule has 2 heterocycles. The number of nitrogens with one attached hydrogen (secondary N) is 2. The maximum atomic E-state index is 5.58. The third-order valence-corrected chi connectivity index (χ3v) is 4.89. The number of ether oxygens (including phenoxy) is 1. The van der Waals surface area contributed by atoms with Crippen LogP contribution in [0.1, 0.15) is 36.1 Å². The van der Waals surface area contributed by atoms with E-state index >= 15 is 0 Å². The van der Waals surface area contributed by atoms with Crippen LogP contribution in [0.2, 0.25) is 0 Å². The number of benzene rings is 1. The second-order valence-electron chi connectivity index (χ2n) is 7.14. The molecule has 1 saturated heterocycles. The van der Waals surface area contributed by atoms with Gasteiger partial charge in [0.1, 0.15) is 12.4 Å². The van der Waals surface area contributed by atoms with Crippen LogP contribution >= 0.6 is 0 Å². The number of guanidine groups is 1. The fourth-order valence-electron chi connectivity index (χ4n) is 3.32. The minimum atomic E-state index is 0.522. The zero-order valence-corrected chi connectivity index (χ0v) is 16.8. The minimum absolute atomic E-state index is 0.522. The topological polar surface area (TPSA) is 62.0 Å². The van der Waals surface area contributed by atoms with Gasteiger partial charge in [0.15, 0.2) is 5.96 Å². The van der Waals surface area contributed by atoms with Crippen molar-refractivity contribution in [1.29, 1.82) is 0 Å². The fourth-order valence-corrected chi connectivity index (χ4v) is 3.32. The van der Waals surface area contributed by atoms with E-state index in [2.05, 4.69) is 44.8 Å². The number of hydrogen-bond donors (Lipinski definition) is 2. The van der Waals surface area contributed by atoms with Crippen LogP contribution in [-0.2, 0) is 24.4 Å². The summed E-state index contributed by atoms with van der Waals surface area (Å²) in [6, 6.07) is 12.7. The van der Waals surface area contributed by atoms with Crippen molar-refractivity contribution in [1.82, 2.24) is 15.5 Å². The second-order valence-corrected chi connectivity index (χ2v) is 7.14. The van der Waals surface area contributed by atoms with Crippen LogP contribution in [0.3, 0.4) is 0 Å². The number of furan rings is 1. The number of rotatable bonds is 10. The van der Waals surface area contributed by atoms with Crippen molar-refractivity contribution in [2.45, 2.75) is 39.0 Å². The molecule has 1 aliphatic rings. The molecule has 2 aromatic rings. The average Bonchev–Trinajstić information content (AvgIpc) is 3.42. The van der Waals surface area contributed by atoms with Gasteiger partial charge in [-0.3, -0.25) is 9.89 Å².